The molecule has 0 unspecified atom stereocenters. The van der Waals surface area contributed by atoms with Gasteiger partial charge in [0.15, 0.2) is 17.0 Å². The van der Waals surface area contributed by atoms with Gasteiger partial charge in [0.1, 0.15) is 17.7 Å². The van der Waals surface area contributed by atoms with Gasteiger partial charge in [-0.25, -0.2) is 9.97 Å². The summed E-state index contributed by atoms with van der Waals surface area (Å²) in [6.07, 6.45) is 4.18. The Balaban J connectivity index is 1.96. The molecule has 2 aromatic heterocycles. The van der Waals surface area contributed by atoms with Crippen molar-refractivity contribution in [3.05, 3.63) is 12.3 Å². The Bertz CT molecular complexity index is 837. The van der Waals surface area contributed by atoms with Gasteiger partial charge >= 0.3 is 0 Å². The second-order valence-electron chi connectivity index (χ2n) is 7.26. The number of pyridine rings is 1. The summed E-state index contributed by atoms with van der Waals surface area (Å²) in [6, 6.07) is 1.70. The predicted octanol–water partition coefficient (Wildman–Crippen LogP) is 1.84. The number of imidazole rings is 1. The minimum absolute atomic E-state index is 0.436. The largest absolute Gasteiger partial charge is 0.397 e. The first-order valence-corrected chi connectivity index (χ1v) is 12.7. The Morgan fingerprint density at radius 3 is 2.77 bits per heavy atom. The van der Waals surface area contributed by atoms with Gasteiger partial charge in [-0.2, -0.15) is 0 Å². The van der Waals surface area contributed by atoms with Crippen LogP contribution in [0, 0.1) is 0 Å². The second-order valence-corrected chi connectivity index (χ2v) is 12.8. The molecule has 0 radical (unpaired) electrons. The van der Waals surface area contributed by atoms with Crippen LogP contribution in [0.1, 0.15) is 19.6 Å². The minimum atomic E-state index is -1.23. The van der Waals surface area contributed by atoms with Crippen molar-refractivity contribution in [1.82, 2.24) is 14.5 Å². The third-order valence-corrected chi connectivity index (χ3v) is 6.77. The molecule has 3 heterocycles. The van der Waals surface area contributed by atoms with Gasteiger partial charge in [-0.1, -0.05) is 18.7 Å². The second kappa shape index (κ2) is 7.52. The van der Waals surface area contributed by atoms with Crippen LogP contribution in [0.3, 0.4) is 0 Å². The highest BCUT2D eigenvalue weighted by molar-refractivity contribution is 7.99. The predicted molar refractivity (Wildman–Crippen MR) is 110 cm³/mol. The molecular weight excluding hydrogens is 371 g/mol. The smallest absolute Gasteiger partial charge is 0.172 e. The van der Waals surface area contributed by atoms with Crippen molar-refractivity contribution < 1.29 is 14.9 Å². The van der Waals surface area contributed by atoms with Gasteiger partial charge in [0, 0.05) is 6.20 Å². The number of nitrogens with zero attached hydrogens (tertiary/aromatic N) is 3. The minimum Gasteiger partial charge on any atom is -0.397 e. The van der Waals surface area contributed by atoms with Gasteiger partial charge in [0.25, 0.3) is 0 Å². The van der Waals surface area contributed by atoms with E-state index in [1.165, 1.54) is 11.8 Å². The molecule has 0 amide bonds. The maximum absolute atomic E-state index is 10.7. The Morgan fingerprint density at radius 2 is 2.12 bits per heavy atom. The molecule has 1 fully saturated rings. The first kappa shape index (κ1) is 19.7. The average molecular weight is 398 g/mol. The fraction of sp³-hybridized carbons (Fsp3) is 0.588. The molecule has 2 aromatic rings. The molecule has 1 aliphatic rings. The molecule has 1 saturated heterocycles. The Morgan fingerprint density at radius 1 is 1.38 bits per heavy atom. The summed E-state index contributed by atoms with van der Waals surface area (Å²) in [5, 5.41) is 21.8. The van der Waals surface area contributed by atoms with E-state index in [0.29, 0.717) is 28.4 Å². The number of aliphatic hydroxyl groups excluding tert-OH is 2. The Kier molecular flexibility index (Phi) is 5.70. The van der Waals surface area contributed by atoms with Crippen molar-refractivity contribution in [3.63, 3.8) is 0 Å². The number of fused-ring (bicyclic) bond motifs is 1. The van der Waals surface area contributed by atoms with E-state index in [1.807, 2.05) is 6.92 Å². The number of hydrogen-bond acceptors (Lipinski definition) is 7. The van der Waals surface area contributed by atoms with Crippen molar-refractivity contribution in [2.24, 2.45) is 0 Å². The van der Waals surface area contributed by atoms with Crippen LogP contribution in [-0.4, -0.2) is 74.6 Å². The number of hydrogen-bond donors (Lipinski definition) is 3. The van der Waals surface area contributed by atoms with E-state index < -0.39 is 31.4 Å². The maximum atomic E-state index is 10.7. The molecular formula is C17H27N4O3PS. The van der Waals surface area contributed by atoms with Crippen molar-refractivity contribution in [1.29, 1.82) is 0 Å². The number of anilines is 1. The van der Waals surface area contributed by atoms with Crippen molar-refractivity contribution in [2.75, 3.05) is 31.0 Å². The Labute approximate surface area is 157 Å². The highest BCUT2D eigenvalue weighted by Gasteiger charge is 2.45. The maximum Gasteiger partial charge on any atom is 0.172 e. The van der Waals surface area contributed by atoms with E-state index in [9.17, 15) is 10.2 Å². The molecule has 3 rings (SSSR count). The molecule has 4 atom stereocenters. The number of rotatable bonds is 6. The first-order valence-electron chi connectivity index (χ1n) is 8.67. The van der Waals surface area contributed by atoms with Crippen LogP contribution in [0.2, 0.25) is 0 Å². The van der Waals surface area contributed by atoms with E-state index in [4.69, 9.17) is 10.5 Å². The van der Waals surface area contributed by atoms with Gasteiger partial charge in [0.05, 0.1) is 11.8 Å². The van der Waals surface area contributed by atoms with Gasteiger partial charge in [-0.15, -0.1) is 13.2 Å². The zero-order chi connectivity index (χ0) is 19.1. The number of aromatic nitrogens is 3. The van der Waals surface area contributed by atoms with E-state index in [1.54, 1.807) is 16.8 Å². The van der Waals surface area contributed by atoms with Gasteiger partial charge in [-0.3, -0.25) is 4.57 Å². The van der Waals surface area contributed by atoms with E-state index in [2.05, 4.69) is 29.6 Å². The van der Waals surface area contributed by atoms with E-state index in [0.717, 1.165) is 11.9 Å². The van der Waals surface area contributed by atoms with Crippen LogP contribution in [-0.2, 0) is 4.74 Å². The van der Waals surface area contributed by atoms with Crippen molar-refractivity contribution >= 4 is 41.8 Å². The molecule has 0 spiro atoms. The number of aliphatic hydroxyl groups is 2. The van der Waals surface area contributed by atoms with Gasteiger partial charge in [-0.05, 0) is 37.7 Å². The van der Waals surface area contributed by atoms with E-state index >= 15 is 0 Å². The highest BCUT2D eigenvalue weighted by atomic mass is 32.2. The third-order valence-electron chi connectivity index (χ3n) is 4.46. The number of ether oxygens (including phenoxy) is 1. The molecule has 4 N–H and O–H groups in total. The van der Waals surface area contributed by atoms with Crippen molar-refractivity contribution in [2.45, 2.75) is 43.0 Å². The first-order chi connectivity index (χ1) is 12.2. The molecule has 0 aliphatic carbocycles. The lowest BCUT2D eigenvalue weighted by atomic mass is 10.1. The molecule has 0 aromatic carbocycles. The summed E-state index contributed by atoms with van der Waals surface area (Å²) < 4.78 is 7.84. The monoisotopic (exact) mass is 398 g/mol. The number of thioether (sulfide) groups is 1. The summed E-state index contributed by atoms with van der Waals surface area (Å²) in [5.41, 5.74) is 7.71. The molecule has 26 heavy (non-hydrogen) atoms. The Hall–Kier alpha value is -1.05. The third kappa shape index (κ3) is 3.80. The summed E-state index contributed by atoms with van der Waals surface area (Å²) in [5.74, 6) is 0.804. The standard InChI is InChI=1S/C17H27N4O3PS/c1-5-26-17-20-12-10(18)6-8-19-15(12)21(17)16-14(23)13(22)11(24-16)7-9-25(2,3)4/h6,8,11,13-14,16,22-23H,2,5,7,9H2,1,3-4H3,(H2,18,19)/t11-,13-,14-,16-/m1/s1. The number of nitrogens with two attached hydrogens (primary N) is 1. The lowest BCUT2D eigenvalue weighted by Crippen LogP contribution is -2.32. The zero-order valence-electron chi connectivity index (χ0n) is 15.4. The van der Waals surface area contributed by atoms with Crippen LogP contribution in [0.15, 0.2) is 17.4 Å². The summed E-state index contributed by atoms with van der Waals surface area (Å²) in [7, 11) is 0. The fourth-order valence-electron chi connectivity index (χ4n) is 3.11. The topological polar surface area (TPSA) is 106 Å². The SMILES string of the molecule is C=P(C)(C)CC[C@H]1O[C@@H](n2c(SCC)nc3c(N)ccnc32)[C@H](O)[C@@H]1O. The fourth-order valence-corrected chi connectivity index (χ4v) is 4.80. The average Bonchev–Trinajstić information content (AvgIpc) is 3.05. The lowest BCUT2D eigenvalue weighted by molar-refractivity contribution is -0.0400. The zero-order valence-corrected chi connectivity index (χ0v) is 17.1. The molecule has 0 bridgehead atoms. The summed E-state index contributed by atoms with van der Waals surface area (Å²) in [6.45, 7) is 5.08. The van der Waals surface area contributed by atoms with Crippen LogP contribution < -0.4 is 5.73 Å². The number of nitrogen functional groups attached to an aromatic ring is 1. The van der Waals surface area contributed by atoms with Crippen LogP contribution in [0.4, 0.5) is 5.69 Å². The van der Waals surface area contributed by atoms with Crippen LogP contribution >= 0.6 is 18.6 Å². The van der Waals surface area contributed by atoms with Crippen LogP contribution in [0.25, 0.3) is 11.2 Å². The van der Waals surface area contributed by atoms with E-state index in [-0.39, 0.29) is 0 Å². The summed E-state index contributed by atoms with van der Waals surface area (Å²) in [4.78, 5) is 8.97. The normalized spacial score (nSPS) is 26.7. The highest BCUT2D eigenvalue weighted by Crippen LogP contribution is 2.41. The molecule has 1 aliphatic heterocycles. The van der Waals surface area contributed by atoms with Crippen LogP contribution in [0.5, 0.6) is 0 Å². The van der Waals surface area contributed by atoms with Gasteiger partial charge < -0.3 is 20.7 Å². The molecule has 7 nitrogen and oxygen atoms in total. The molecule has 144 valence electrons. The van der Waals surface area contributed by atoms with Crippen molar-refractivity contribution in [3.8, 4) is 0 Å². The lowest BCUT2D eigenvalue weighted by Gasteiger charge is -2.19. The molecule has 9 heteroatoms. The van der Waals surface area contributed by atoms with Gasteiger partial charge in [0.2, 0.25) is 0 Å². The quantitative estimate of drug-likeness (QED) is 0.504. The molecule has 0 saturated carbocycles. The summed E-state index contributed by atoms with van der Waals surface area (Å²) >= 11 is 1.52.